The maximum absolute atomic E-state index is 6.18. The summed E-state index contributed by atoms with van der Waals surface area (Å²) in [4.78, 5) is 4.34. The molecule has 130 valence electrons. The second kappa shape index (κ2) is 10.5. The zero-order valence-electron chi connectivity index (χ0n) is 14.1. The highest BCUT2D eigenvalue weighted by Crippen LogP contribution is 2.29. The molecule has 0 amide bonds. The van der Waals surface area contributed by atoms with Gasteiger partial charge in [0.15, 0.2) is 11.7 Å². The summed E-state index contributed by atoms with van der Waals surface area (Å²) in [6.07, 6.45) is 9.11. The second-order valence-corrected chi connectivity index (χ2v) is 6.58. The van der Waals surface area contributed by atoms with E-state index in [1.54, 1.807) is 12.3 Å². The lowest BCUT2D eigenvalue weighted by atomic mass is 10.1. The van der Waals surface area contributed by atoms with Crippen molar-refractivity contribution in [3.8, 4) is 5.75 Å². The molecule has 0 aliphatic carbocycles. The van der Waals surface area contributed by atoms with Crippen LogP contribution >= 0.6 is 23.8 Å². The fourth-order valence-corrected chi connectivity index (χ4v) is 2.83. The van der Waals surface area contributed by atoms with Gasteiger partial charge in [0, 0.05) is 11.6 Å². The third-order valence-electron chi connectivity index (χ3n) is 3.79. The highest BCUT2D eigenvalue weighted by atomic mass is 35.5. The third kappa shape index (κ3) is 5.91. The Bertz CT molecular complexity index is 663. The van der Waals surface area contributed by atoms with Crippen molar-refractivity contribution in [2.75, 3.05) is 13.2 Å². The first-order chi connectivity index (χ1) is 11.7. The normalized spacial score (nSPS) is 10.8. The molecule has 2 rings (SSSR count). The number of halogens is 1. The summed E-state index contributed by atoms with van der Waals surface area (Å²) < 4.78 is 11.3. The topological polar surface area (TPSA) is 31.4 Å². The fraction of sp³-hybridized carbons (Fsp3) is 0.474. The van der Waals surface area contributed by atoms with E-state index >= 15 is 0 Å². The first-order valence-corrected chi connectivity index (χ1v) is 9.32. The first kappa shape index (κ1) is 18.9. The van der Waals surface area contributed by atoms with E-state index in [1.165, 1.54) is 32.1 Å². The van der Waals surface area contributed by atoms with Gasteiger partial charge in [-0.3, -0.25) is 4.98 Å². The van der Waals surface area contributed by atoms with Gasteiger partial charge in [0.2, 0.25) is 0 Å². The van der Waals surface area contributed by atoms with Crippen LogP contribution in [0.5, 0.6) is 5.75 Å². The molecule has 1 aromatic heterocycles. The summed E-state index contributed by atoms with van der Waals surface area (Å²) in [5, 5.41) is 2.01. The molecule has 0 saturated heterocycles. The van der Waals surface area contributed by atoms with Gasteiger partial charge < -0.3 is 9.47 Å². The van der Waals surface area contributed by atoms with E-state index in [-0.39, 0.29) is 6.61 Å². The van der Waals surface area contributed by atoms with E-state index in [0.29, 0.717) is 22.4 Å². The quantitative estimate of drug-likeness (QED) is 0.383. The number of thiocarbonyl (C=S) groups is 1. The summed E-state index contributed by atoms with van der Waals surface area (Å²) in [6, 6.07) is 7.40. The van der Waals surface area contributed by atoms with Gasteiger partial charge >= 0.3 is 0 Å². The van der Waals surface area contributed by atoms with E-state index in [1.807, 2.05) is 18.2 Å². The number of nitrogens with zero attached hydrogens (tertiary/aromatic N) is 1. The Kier molecular flexibility index (Phi) is 8.26. The minimum Gasteiger partial charge on any atom is -0.484 e. The molecule has 0 fully saturated rings. The molecule has 0 unspecified atom stereocenters. The fourth-order valence-electron chi connectivity index (χ4n) is 2.48. The maximum atomic E-state index is 6.18. The van der Waals surface area contributed by atoms with Crippen LogP contribution in [0.2, 0.25) is 5.02 Å². The minimum atomic E-state index is 0.248. The molecule has 1 heterocycles. The average Bonchev–Trinajstić information content (AvgIpc) is 2.60. The highest BCUT2D eigenvalue weighted by molar-refractivity contribution is 7.80. The minimum absolute atomic E-state index is 0.248. The van der Waals surface area contributed by atoms with Gasteiger partial charge in [0.25, 0.3) is 0 Å². The average molecular weight is 366 g/mol. The number of aromatic nitrogens is 1. The molecule has 3 nitrogen and oxygen atoms in total. The van der Waals surface area contributed by atoms with Gasteiger partial charge in [-0.2, -0.15) is 0 Å². The van der Waals surface area contributed by atoms with Crippen LogP contribution < -0.4 is 4.74 Å². The highest BCUT2D eigenvalue weighted by Gasteiger charge is 2.08. The number of ether oxygens (including phenoxy) is 2. The van der Waals surface area contributed by atoms with Gasteiger partial charge in [0.1, 0.15) is 11.3 Å². The van der Waals surface area contributed by atoms with Crippen molar-refractivity contribution in [2.24, 2.45) is 0 Å². The Morgan fingerprint density at radius 3 is 2.75 bits per heavy atom. The van der Waals surface area contributed by atoms with Gasteiger partial charge in [0.05, 0.1) is 11.6 Å². The van der Waals surface area contributed by atoms with Gasteiger partial charge in [-0.15, -0.1) is 0 Å². The van der Waals surface area contributed by atoms with Gasteiger partial charge in [-0.25, -0.2) is 0 Å². The lowest BCUT2D eigenvalue weighted by Crippen LogP contribution is -2.13. The van der Waals surface area contributed by atoms with Crippen molar-refractivity contribution in [2.45, 2.75) is 45.4 Å². The SMILES string of the molecule is CCCCCCCCOC(=S)COc1ccc(Cl)c2cccnc12. The van der Waals surface area contributed by atoms with Crippen molar-refractivity contribution < 1.29 is 9.47 Å². The van der Waals surface area contributed by atoms with E-state index < -0.39 is 0 Å². The Balaban J connectivity index is 1.74. The Labute approximate surface area is 154 Å². The molecule has 0 aliphatic rings. The molecule has 0 radical (unpaired) electrons. The number of rotatable bonds is 10. The molecule has 5 heteroatoms. The summed E-state index contributed by atoms with van der Waals surface area (Å²) in [7, 11) is 0. The zero-order chi connectivity index (χ0) is 17.2. The molecule has 0 bridgehead atoms. The molecule has 0 atom stereocenters. The van der Waals surface area contributed by atoms with Crippen molar-refractivity contribution in [1.29, 1.82) is 0 Å². The zero-order valence-corrected chi connectivity index (χ0v) is 15.7. The van der Waals surface area contributed by atoms with Crippen LogP contribution in [0, 0.1) is 0 Å². The van der Waals surface area contributed by atoms with Crippen LogP contribution in [0.1, 0.15) is 45.4 Å². The predicted molar refractivity (Wildman–Crippen MR) is 104 cm³/mol. The maximum Gasteiger partial charge on any atom is 0.197 e. The van der Waals surface area contributed by atoms with Crippen LogP contribution in [0.25, 0.3) is 10.9 Å². The Morgan fingerprint density at radius 1 is 1.12 bits per heavy atom. The largest absolute Gasteiger partial charge is 0.484 e. The summed E-state index contributed by atoms with van der Waals surface area (Å²) in [6.45, 7) is 3.13. The van der Waals surface area contributed by atoms with Gasteiger partial charge in [-0.1, -0.05) is 50.6 Å². The predicted octanol–water partition coefficient (Wildman–Crippen LogP) is 5.97. The van der Waals surface area contributed by atoms with Crippen LogP contribution in [0.15, 0.2) is 30.5 Å². The smallest absolute Gasteiger partial charge is 0.197 e. The number of hydrogen-bond acceptors (Lipinski definition) is 4. The molecular formula is C19H24ClNO2S. The summed E-state index contributed by atoms with van der Waals surface area (Å²) in [5.41, 5.74) is 0.740. The Hall–Kier alpha value is -1.39. The third-order valence-corrected chi connectivity index (χ3v) is 4.35. The molecule has 0 spiro atoms. The first-order valence-electron chi connectivity index (χ1n) is 8.54. The van der Waals surface area contributed by atoms with E-state index in [2.05, 4.69) is 11.9 Å². The van der Waals surface area contributed by atoms with E-state index in [9.17, 15) is 0 Å². The van der Waals surface area contributed by atoms with Crippen LogP contribution in [-0.4, -0.2) is 23.2 Å². The lowest BCUT2D eigenvalue weighted by molar-refractivity contribution is 0.264. The molecule has 1 aromatic carbocycles. The molecule has 24 heavy (non-hydrogen) atoms. The standard InChI is InChI=1S/C19H24ClNO2S/c1-2-3-4-5-6-7-13-22-18(24)14-23-17-11-10-16(20)15-9-8-12-21-19(15)17/h8-12H,2-7,13-14H2,1H3. The number of fused-ring (bicyclic) bond motifs is 1. The monoisotopic (exact) mass is 365 g/mol. The van der Waals surface area contributed by atoms with E-state index in [4.69, 9.17) is 33.3 Å². The summed E-state index contributed by atoms with van der Waals surface area (Å²) >= 11 is 11.4. The van der Waals surface area contributed by atoms with Crippen molar-refractivity contribution >= 4 is 39.8 Å². The number of benzene rings is 1. The van der Waals surface area contributed by atoms with Crippen molar-refractivity contribution in [3.05, 3.63) is 35.5 Å². The number of hydrogen-bond donors (Lipinski definition) is 0. The van der Waals surface area contributed by atoms with Crippen LogP contribution in [-0.2, 0) is 4.74 Å². The molecule has 0 saturated carbocycles. The number of unbranched alkanes of at least 4 members (excludes halogenated alkanes) is 5. The molecular weight excluding hydrogens is 342 g/mol. The van der Waals surface area contributed by atoms with Crippen molar-refractivity contribution in [1.82, 2.24) is 4.98 Å². The van der Waals surface area contributed by atoms with Crippen molar-refractivity contribution in [3.63, 3.8) is 0 Å². The molecule has 0 aliphatic heterocycles. The van der Waals surface area contributed by atoms with E-state index in [0.717, 1.165) is 17.3 Å². The summed E-state index contributed by atoms with van der Waals surface area (Å²) in [5.74, 6) is 0.667. The molecule has 0 N–H and O–H groups in total. The number of pyridine rings is 1. The molecule has 2 aromatic rings. The second-order valence-electron chi connectivity index (χ2n) is 5.72. The lowest BCUT2D eigenvalue weighted by Gasteiger charge is -2.11. The van der Waals surface area contributed by atoms with Crippen LogP contribution in [0.3, 0.4) is 0 Å². The van der Waals surface area contributed by atoms with Gasteiger partial charge in [-0.05, 0) is 42.9 Å². The Morgan fingerprint density at radius 2 is 1.92 bits per heavy atom. The van der Waals surface area contributed by atoms with Crippen LogP contribution in [0.4, 0.5) is 0 Å².